The molecule has 0 aliphatic heterocycles. The Labute approximate surface area is 105 Å². The minimum absolute atomic E-state index is 0.207. The van der Waals surface area contributed by atoms with Gasteiger partial charge in [0.25, 0.3) is 0 Å². The molecule has 0 radical (unpaired) electrons. The first-order valence-electron chi connectivity index (χ1n) is 5.46. The molecule has 16 heavy (non-hydrogen) atoms. The lowest BCUT2D eigenvalue weighted by molar-refractivity contribution is -0.00244. The van der Waals surface area contributed by atoms with Crippen molar-refractivity contribution in [1.82, 2.24) is 9.78 Å². The summed E-state index contributed by atoms with van der Waals surface area (Å²) in [4.78, 5) is 0. The number of hydrogen-bond acceptors (Lipinski definition) is 3. The number of aromatic nitrogens is 2. The maximum atomic E-state index is 6.24. The summed E-state index contributed by atoms with van der Waals surface area (Å²) in [5.41, 5.74) is 6.83. The van der Waals surface area contributed by atoms with Gasteiger partial charge in [0.1, 0.15) is 0 Å². The quantitative estimate of drug-likeness (QED) is 0.906. The number of rotatable bonds is 5. The summed E-state index contributed by atoms with van der Waals surface area (Å²) >= 11 is 3.49. The first-order valence-corrected chi connectivity index (χ1v) is 6.25. The van der Waals surface area contributed by atoms with Crippen LogP contribution in [0.4, 0.5) is 0 Å². The van der Waals surface area contributed by atoms with Gasteiger partial charge in [-0.25, -0.2) is 0 Å². The normalized spacial score (nSPS) is 14.1. The Balaban J connectivity index is 3.06. The Kier molecular flexibility index (Phi) is 4.52. The largest absolute Gasteiger partial charge is 0.377 e. The minimum atomic E-state index is -0.409. The van der Waals surface area contributed by atoms with Gasteiger partial charge in [0.05, 0.1) is 28.0 Å². The first kappa shape index (κ1) is 13.7. The molecule has 1 aromatic rings. The van der Waals surface area contributed by atoms with Crippen molar-refractivity contribution >= 4 is 15.9 Å². The van der Waals surface area contributed by atoms with Crippen LogP contribution in [0, 0.1) is 0 Å². The monoisotopic (exact) mass is 289 g/mol. The zero-order chi connectivity index (χ0) is 12.3. The average molecular weight is 290 g/mol. The summed E-state index contributed by atoms with van der Waals surface area (Å²) in [6, 6.07) is -0.207. The number of hydrogen-bond donors (Lipinski definition) is 1. The van der Waals surface area contributed by atoms with Crippen molar-refractivity contribution in [3.05, 3.63) is 16.4 Å². The van der Waals surface area contributed by atoms with E-state index < -0.39 is 5.60 Å². The Morgan fingerprint density at radius 2 is 2.25 bits per heavy atom. The molecule has 0 bridgehead atoms. The Morgan fingerprint density at radius 1 is 1.62 bits per heavy atom. The lowest BCUT2D eigenvalue weighted by Crippen LogP contribution is -2.38. The second-order valence-electron chi connectivity index (χ2n) is 4.39. The lowest BCUT2D eigenvalue weighted by atomic mass is 9.96. The summed E-state index contributed by atoms with van der Waals surface area (Å²) in [6.45, 7) is 6.95. The smallest absolute Gasteiger partial charge is 0.0830 e. The van der Waals surface area contributed by atoms with E-state index in [9.17, 15) is 0 Å². The summed E-state index contributed by atoms with van der Waals surface area (Å²) < 4.78 is 8.31. The van der Waals surface area contributed by atoms with E-state index in [4.69, 9.17) is 10.5 Å². The SMILES string of the molecule is CCCn1ncc(Br)c1C(N)C(C)(C)OC. The number of methoxy groups -OCH3 is 1. The van der Waals surface area contributed by atoms with Gasteiger partial charge in [-0.1, -0.05) is 6.92 Å². The van der Waals surface area contributed by atoms with Gasteiger partial charge in [-0.15, -0.1) is 0 Å². The van der Waals surface area contributed by atoms with Gasteiger partial charge in [0.2, 0.25) is 0 Å². The van der Waals surface area contributed by atoms with Gasteiger partial charge in [-0.3, -0.25) is 4.68 Å². The Morgan fingerprint density at radius 3 is 2.75 bits per heavy atom. The third-order valence-electron chi connectivity index (χ3n) is 2.84. The van der Waals surface area contributed by atoms with Crippen molar-refractivity contribution in [3.63, 3.8) is 0 Å². The van der Waals surface area contributed by atoms with Crippen LogP contribution in [0.25, 0.3) is 0 Å². The molecule has 0 amide bonds. The summed E-state index contributed by atoms with van der Waals surface area (Å²) in [6.07, 6.45) is 2.82. The molecule has 1 heterocycles. The van der Waals surface area contributed by atoms with Crippen LogP contribution in [0.15, 0.2) is 10.7 Å². The lowest BCUT2D eigenvalue weighted by Gasteiger charge is -2.30. The van der Waals surface area contributed by atoms with Crippen LogP contribution in [0.3, 0.4) is 0 Å². The van der Waals surface area contributed by atoms with Gasteiger partial charge in [-0.05, 0) is 36.2 Å². The molecule has 0 aromatic carbocycles. The molecule has 4 nitrogen and oxygen atoms in total. The van der Waals surface area contributed by atoms with Crippen LogP contribution in [0.5, 0.6) is 0 Å². The number of ether oxygens (including phenoxy) is 1. The molecule has 0 spiro atoms. The van der Waals surface area contributed by atoms with Gasteiger partial charge in [-0.2, -0.15) is 5.10 Å². The highest BCUT2D eigenvalue weighted by molar-refractivity contribution is 9.10. The van der Waals surface area contributed by atoms with Crippen molar-refractivity contribution in [2.75, 3.05) is 7.11 Å². The fraction of sp³-hybridized carbons (Fsp3) is 0.727. The molecule has 0 aliphatic carbocycles. The molecule has 1 unspecified atom stereocenters. The van der Waals surface area contributed by atoms with E-state index >= 15 is 0 Å². The molecule has 1 rings (SSSR count). The molecular weight excluding hydrogens is 270 g/mol. The highest BCUT2D eigenvalue weighted by Gasteiger charge is 2.31. The second kappa shape index (κ2) is 5.29. The third kappa shape index (κ3) is 2.64. The average Bonchev–Trinajstić information content (AvgIpc) is 2.59. The second-order valence-corrected chi connectivity index (χ2v) is 5.24. The van der Waals surface area contributed by atoms with E-state index in [2.05, 4.69) is 28.0 Å². The molecule has 2 N–H and O–H groups in total. The molecule has 0 saturated carbocycles. The van der Waals surface area contributed by atoms with Gasteiger partial charge in [0, 0.05) is 13.7 Å². The number of aryl methyl sites for hydroxylation is 1. The van der Waals surface area contributed by atoms with E-state index in [0.717, 1.165) is 23.1 Å². The molecular formula is C11H20BrN3O. The molecule has 1 atom stereocenters. The Bertz CT molecular complexity index is 349. The van der Waals surface area contributed by atoms with E-state index in [0.29, 0.717) is 0 Å². The van der Waals surface area contributed by atoms with E-state index in [1.165, 1.54) is 0 Å². The first-order chi connectivity index (χ1) is 7.44. The van der Waals surface area contributed by atoms with Crippen molar-refractivity contribution < 1.29 is 4.74 Å². The topological polar surface area (TPSA) is 53.1 Å². The molecule has 0 saturated heterocycles. The van der Waals surface area contributed by atoms with Crippen molar-refractivity contribution in [2.45, 2.75) is 45.4 Å². The zero-order valence-electron chi connectivity index (χ0n) is 10.3. The minimum Gasteiger partial charge on any atom is -0.377 e. The standard InChI is InChI=1S/C11H20BrN3O/c1-5-6-15-9(8(12)7-14-15)10(13)11(2,3)16-4/h7,10H,5-6,13H2,1-4H3. The predicted octanol–water partition coefficient (Wildman–Crippen LogP) is 2.48. The number of nitrogens with two attached hydrogens (primary N) is 1. The van der Waals surface area contributed by atoms with Crippen molar-refractivity contribution in [1.29, 1.82) is 0 Å². The van der Waals surface area contributed by atoms with Gasteiger partial charge >= 0.3 is 0 Å². The summed E-state index contributed by atoms with van der Waals surface area (Å²) in [7, 11) is 1.67. The van der Waals surface area contributed by atoms with Crippen LogP contribution in [0.2, 0.25) is 0 Å². The van der Waals surface area contributed by atoms with Crippen LogP contribution in [-0.2, 0) is 11.3 Å². The van der Waals surface area contributed by atoms with Gasteiger partial charge < -0.3 is 10.5 Å². The van der Waals surface area contributed by atoms with Crippen molar-refractivity contribution in [3.8, 4) is 0 Å². The van der Waals surface area contributed by atoms with Gasteiger partial charge in [0.15, 0.2) is 0 Å². The van der Waals surface area contributed by atoms with Crippen molar-refractivity contribution in [2.24, 2.45) is 5.73 Å². The van der Waals surface area contributed by atoms with E-state index in [1.54, 1.807) is 13.3 Å². The number of halogens is 1. The summed E-state index contributed by atoms with van der Waals surface area (Å²) in [5.74, 6) is 0. The Hall–Kier alpha value is -0.390. The highest BCUT2D eigenvalue weighted by Crippen LogP contribution is 2.31. The predicted molar refractivity (Wildman–Crippen MR) is 68.2 cm³/mol. The van der Waals surface area contributed by atoms with Crippen LogP contribution >= 0.6 is 15.9 Å². The molecule has 0 fully saturated rings. The van der Waals surface area contributed by atoms with E-state index in [-0.39, 0.29) is 6.04 Å². The number of nitrogens with zero attached hydrogens (tertiary/aromatic N) is 2. The maximum absolute atomic E-state index is 6.24. The fourth-order valence-electron chi connectivity index (χ4n) is 1.53. The fourth-order valence-corrected chi connectivity index (χ4v) is 2.07. The molecule has 1 aromatic heterocycles. The third-order valence-corrected chi connectivity index (χ3v) is 3.45. The molecule has 0 aliphatic rings. The molecule has 5 heteroatoms. The van der Waals surface area contributed by atoms with Crippen LogP contribution in [0.1, 0.15) is 38.9 Å². The maximum Gasteiger partial charge on any atom is 0.0830 e. The van der Waals surface area contributed by atoms with E-state index in [1.807, 2.05) is 18.5 Å². The zero-order valence-corrected chi connectivity index (χ0v) is 11.9. The van der Waals surface area contributed by atoms with Crippen LogP contribution < -0.4 is 5.73 Å². The highest BCUT2D eigenvalue weighted by atomic mass is 79.9. The molecule has 92 valence electrons. The van der Waals surface area contributed by atoms with Crippen LogP contribution in [-0.4, -0.2) is 22.5 Å². The summed E-state index contributed by atoms with van der Waals surface area (Å²) in [5, 5.41) is 4.31.